The van der Waals surface area contributed by atoms with Crippen LogP contribution in [0.25, 0.3) is 0 Å². The lowest BCUT2D eigenvalue weighted by molar-refractivity contribution is -0.141. The minimum atomic E-state index is -0.635. The number of nitrogens with zero attached hydrogens (tertiary/aromatic N) is 1. The molecule has 2 aliphatic rings. The number of carbonyl (C=O) groups is 2. The lowest BCUT2D eigenvalue weighted by Crippen LogP contribution is -2.45. The van der Waals surface area contributed by atoms with Crippen LogP contribution in [0.2, 0.25) is 0 Å². The minimum Gasteiger partial charge on any atom is -0.481 e. The summed E-state index contributed by atoms with van der Waals surface area (Å²) in [6, 6.07) is 11.8. The van der Waals surface area contributed by atoms with Crippen LogP contribution in [0.5, 0.6) is 5.75 Å². The summed E-state index contributed by atoms with van der Waals surface area (Å²) in [7, 11) is 0. The zero-order chi connectivity index (χ0) is 25.9. The van der Waals surface area contributed by atoms with Crippen LogP contribution in [0.15, 0.2) is 42.5 Å². The first-order valence-electron chi connectivity index (χ1n) is 12.9. The highest BCUT2D eigenvalue weighted by atomic mass is 19.1. The van der Waals surface area contributed by atoms with E-state index in [2.05, 4.69) is 5.32 Å². The van der Waals surface area contributed by atoms with Gasteiger partial charge in [0.25, 0.3) is 5.91 Å². The molecule has 0 aliphatic carbocycles. The van der Waals surface area contributed by atoms with Crippen molar-refractivity contribution < 1.29 is 23.5 Å². The van der Waals surface area contributed by atoms with Gasteiger partial charge in [-0.2, -0.15) is 0 Å². The Labute approximate surface area is 213 Å². The molecule has 2 aliphatic heterocycles. The van der Waals surface area contributed by atoms with Crippen LogP contribution >= 0.6 is 0 Å². The molecule has 36 heavy (non-hydrogen) atoms. The van der Waals surface area contributed by atoms with E-state index < -0.39 is 11.5 Å². The van der Waals surface area contributed by atoms with Crippen LogP contribution in [0.3, 0.4) is 0 Å². The molecule has 6 nitrogen and oxygen atoms in total. The lowest BCUT2D eigenvalue weighted by atomic mass is 9.85. The highest BCUT2D eigenvalue weighted by Crippen LogP contribution is 2.39. The molecular weight excluding hydrogens is 459 g/mol. The number of hydrogen-bond donors (Lipinski definition) is 1. The van der Waals surface area contributed by atoms with Crippen molar-refractivity contribution in [1.29, 1.82) is 0 Å². The maximum absolute atomic E-state index is 13.7. The normalized spacial score (nSPS) is 20.5. The van der Waals surface area contributed by atoms with Crippen molar-refractivity contribution in [3.8, 4) is 5.75 Å². The van der Waals surface area contributed by atoms with Crippen molar-refractivity contribution >= 4 is 11.8 Å². The van der Waals surface area contributed by atoms with Gasteiger partial charge in [-0.1, -0.05) is 45.9 Å². The number of rotatable bonds is 7. The van der Waals surface area contributed by atoms with E-state index in [4.69, 9.17) is 9.47 Å². The van der Waals surface area contributed by atoms with E-state index in [1.165, 1.54) is 12.1 Å². The molecule has 194 valence electrons. The molecule has 0 saturated carbocycles. The predicted molar refractivity (Wildman–Crippen MR) is 136 cm³/mol. The highest BCUT2D eigenvalue weighted by molar-refractivity contribution is 5.83. The number of amides is 2. The topological polar surface area (TPSA) is 67.9 Å². The molecule has 0 spiro atoms. The standard InChI is InChI=1S/C29H37FN2O4/c1-5-25(27(33)31-18-23-7-6-16-35-23)36-22-13-10-19-14-15-32(28(34)29(2,3)4)26(24(19)17-22)20-8-11-21(30)12-9-20/h8-13,17,23,25-26H,5-7,14-16,18H2,1-4H3,(H,31,33). The Hall–Kier alpha value is -2.93. The average Bonchev–Trinajstić information content (AvgIpc) is 3.38. The summed E-state index contributed by atoms with van der Waals surface area (Å²) >= 11 is 0. The van der Waals surface area contributed by atoms with E-state index in [1.54, 1.807) is 12.1 Å². The average molecular weight is 497 g/mol. The number of benzene rings is 2. The third kappa shape index (κ3) is 5.89. The maximum atomic E-state index is 13.7. The summed E-state index contributed by atoms with van der Waals surface area (Å²) in [6.07, 6.45) is 2.64. The van der Waals surface area contributed by atoms with Crippen molar-refractivity contribution in [2.24, 2.45) is 5.41 Å². The molecule has 1 N–H and O–H groups in total. The lowest BCUT2D eigenvalue weighted by Gasteiger charge is -2.41. The highest BCUT2D eigenvalue weighted by Gasteiger charge is 2.37. The van der Waals surface area contributed by atoms with Gasteiger partial charge in [0.15, 0.2) is 6.10 Å². The second-order valence-electron chi connectivity index (χ2n) is 10.7. The van der Waals surface area contributed by atoms with Gasteiger partial charge in [-0.05, 0) is 66.6 Å². The smallest absolute Gasteiger partial charge is 0.261 e. The molecule has 7 heteroatoms. The third-order valence-corrected chi connectivity index (χ3v) is 6.90. The Balaban J connectivity index is 1.60. The van der Waals surface area contributed by atoms with E-state index in [9.17, 15) is 14.0 Å². The number of ether oxygens (including phenoxy) is 2. The SMILES string of the molecule is CCC(Oc1ccc2c(c1)C(c1ccc(F)cc1)N(C(=O)C(C)(C)C)CC2)C(=O)NCC1CCCO1. The second-order valence-corrected chi connectivity index (χ2v) is 10.7. The monoisotopic (exact) mass is 496 g/mol. The van der Waals surface area contributed by atoms with E-state index >= 15 is 0 Å². The fourth-order valence-electron chi connectivity index (χ4n) is 4.94. The van der Waals surface area contributed by atoms with E-state index in [0.29, 0.717) is 31.7 Å². The third-order valence-electron chi connectivity index (χ3n) is 6.90. The van der Waals surface area contributed by atoms with Gasteiger partial charge in [-0.15, -0.1) is 0 Å². The summed E-state index contributed by atoms with van der Waals surface area (Å²) in [5.74, 6) is 0.129. The Kier molecular flexibility index (Phi) is 7.98. The zero-order valence-corrected chi connectivity index (χ0v) is 21.7. The molecule has 0 aromatic heterocycles. The quantitative estimate of drug-likeness (QED) is 0.598. The molecule has 2 amide bonds. The Morgan fingerprint density at radius 2 is 1.94 bits per heavy atom. The van der Waals surface area contributed by atoms with E-state index in [-0.39, 0.29) is 29.8 Å². The van der Waals surface area contributed by atoms with Crippen LogP contribution in [0, 0.1) is 11.2 Å². The van der Waals surface area contributed by atoms with Crippen LogP contribution in [0.4, 0.5) is 4.39 Å². The zero-order valence-electron chi connectivity index (χ0n) is 21.7. The summed E-state index contributed by atoms with van der Waals surface area (Å²) in [5, 5.41) is 2.96. The van der Waals surface area contributed by atoms with Crippen LogP contribution in [-0.2, 0) is 20.7 Å². The fraction of sp³-hybridized carbons (Fsp3) is 0.517. The van der Waals surface area contributed by atoms with Crippen LogP contribution in [-0.4, -0.2) is 48.6 Å². The van der Waals surface area contributed by atoms with Gasteiger partial charge in [-0.25, -0.2) is 4.39 Å². The van der Waals surface area contributed by atoms with Crippen molar-refractivity contribution in [2.45, 2.75) is 71.6 Å². The van der Waals surface area contributed by atoms with E-state index in [1.807, 2.05) is 50.8 Å². The molecule has 4 rings (SSSR count). The molecular formula is C29H37FN2O4. The number of nitrogens with one attached hydrogen (secondary N) is 1. The summed E-state index contributed by atoms with van der Waals surface area (Å²) < 4.78 is 25.5. The molecule has 3 atom stereocenters. The number of carbonyl (C=O) groups excluding carboxylic acids is 2. The van der Waals surface area contributed by atoms with Crippen molar-refractivity contribution in [3.63, 3.8) is 0 Å². The van der Waals surface area contributed by atoms with Crippen molar-refractivity contribution in [1.82, 2.24) is 10.2 Å². The summed E-state index contributed by atoms with van der Waals surface area (Å²) in [6.45, 7) is 9.45. The largest absolute Gasteiger partial charge is 0.481 e. The molecule has 2 heterocycles. The molecule has 0 radical (unpaired) electrons. The number of halogens is 1. The number of hydrogen-bond acceptors (Lipinski definition) is 4. The molecule has 2 aromatic carbocycles. The first-order chi connectivity index (χ1) is 17.2. The van der Waals surface area contributed by atoms with Crippen molar-refractivity contribution in [3.05, 3.63) is 65.0 Å². The van der Waals surface area contributed by atoms with Gasteiger partial charge in [-0.3, -0.25) is 9.59 Å². The second kappa shape index (κ2) is 11.0. The predicted octanol–water partition coefficient (Wildman–Crippen LogP) is 4.80. The van der Waals surface area contributed by atoms with Gasteiger partial charge in [0.1, 0.15) is 11.6 Å². The van der Waals surface area contributed by atoms with Crippen LogP contribution < -0.4 is 10.1 Å². The molecule has 1 saturated heterocycles. The molecule has 0 bridgehead atoms. The van der Waals surface area contributed by atoms with Gasteiger partial charge in [0.2, 0.25) is 5.91 Å². The van der Waals surface area contributed by atoms with Crippen LogP contribution in [0.1, 0.15) is 69.7 Å². The van der Waals surface area contributed by atoms with Gasteiger partial charge in [0, 0.05) is 25.1 Å². The van der Waals surface area contributed by atoms with Gasteiger partial charge in [0.05, 0.1) is 12.1 Å². The van der Waals surface area contributed by atoms with E-state index in [0.717, 1.165) is 36.1 Å². The molecule has 3 unspecified atom stereocenters. The molecule has 1 fully saturated rings. The summed E-state index contributed by atoms with van der Waals surface area (Å²) in [5.41, 5.74) is 2.34. The Bertz CT molecular complexity index is 1070. The first kappa shape index (κ1) is 26.1. The number of fused-ring (bicyclic) bond motifs is 1. The van der Waals surface area contributed by atoms with Gasteiger partial charge >= 0.3 is 0 Å². The van der Waals surface area contributed by atoms with Crippen molar-refractivity contribution in [2.75, 3.05) is 19.7 Å². The Morgan fingerprint density at radius 1 is 1.19 bits per heavy atom. The first-order valence-corrected chi connectivity index (χ1v) is 12.9. The van der Waals surface area contributed by atoms with Gasteiger partial charge < -0.3 is 19.7 Å². The summed E-state index contributed by atoms with van der Waals surface area (Å²) in [4.78, 5) is 28.1. The molecule has 2 aromatic rings. The minimum absolute atomic E-state index is 0.0359. The Morgan fingerprint density at radius 3 is 2.58 bits per heavy atom. The fourth-order valence-corrected chi connectivity index (χ4v) is 4.94. The maximum Gasteiger partial charge on any atom is 0.261 e.